The van der Waals surface area contributed by atoms with Crippen molar-refractivity contribution in [2.75, 3.05) is 0 Å². The van der Waals surface area contributed by atoms with Crippen LogP contribution in [0.5, 0.6) is 0 Å². The van der Waals surface area contributed by atoms with Gasteiger partial charge in [-0.3, -0.25) is 14.9 Å². The number of pyridine rings is 3. The van der Waals surface area contributed by atoms with Crippen LogP contribution in [0.3, 0.4) is 0 Å². The Morgan fingerprint density at radius 1 is 0.850 bits per heavy atom. The monoisotopic (exact) mass is 532 g/mol. The molecule has 2 aromatic carbocycles. The van der Waals surface area contributed by atoms with Crippen molar-refractivity contribution in [1.82, 2.24) is 19.9 Å². The van der Waals surface area contributed by atoms with E-state index in [4.69, 9.17) is 9.72 Å². The highest BCUT2D eigenvalue weighted by molar-refractivity contribution is 5.92. The van der Waals surface area contributed by atoms with Crippen molar-refractivity contribution < 1.29 is 14.6 Å². The number of rotatable bonds is 8. The molecule has 0 unspecified atom stereocenters. The molecule has 0 aliphatic heterocycles. The number of hydrogen-bond acceptors (Lipinski definition) is 5. The van der Waals surface area contributed by atoms with Crippen LogP contribution in [0.4, 0.5) is 4.79 Å². The number of ether oxygens (including phenoxy) is 1. The number of amides is 1. The predicted octanol–water partition coefficient (Wildman–Crippen LogP) is 7.35. The van der Waals surface area contributed by atoms with Crippen LogP contribution in [0.1, 0.15) is 37.6 Å². The molecule has 0 spiro atoms. The highest BCUT2D eigenvalue weighted by atomic mass is 16.5. The predicted molar refractivity (Wildman–Crippen MR) is 156 cm³/mol. The molecule has 0 fully saturated rings. The summed E-state index contributed by atoms with van der Waals surface area (Å²) >= 11 is 0. The summed E-state index contributed by atoms with van der Waals surface area (Å²) in [5.41, 5.74) is 6.98. The van der Waals surface area contributed by atoms with E-state index in [9.17, 15) is 9.90 Å². The van der Waals surface area contributed by atoms with Crippen LogP contribution in [-0.2, 0) is 24.5 Å². The maximum Gasteiger partial charge on any atom is 0.408 e. The molecule has 5 aromatic rings. The minimum Gasteiger partial charge on any atom is -0.465 e. The van der Waals surface area contributed by atoms with Crippen molar-refractivity contribution >= 4 is 17.0 Å². The van der Waals surface area contributed by atoms with Crippen LogP contribution in [0, 0.1) is 0 Å². The SMILES string of the molecule is CC(C)(C)N(Cc1ccc(-c2nc3ccnc(COCc4ccncc4)c3cc2-c2ccccc2)cc1)C(=O)O. The minimum absolute atomic E-state index is 0.310. The van der Waals surface area contributed by atoms with E-state index in [1.807, 2.05) is 81.4 Å². The zero-order valence-electron chi connectivity index (χ0n) is 22.9. The Hall–Kier alpha value is -4.62. The number of benzene rings is 2. The van der Waals surface area contributed by atoms with Gasteiger partial charge in [0, 0.05) is 47.2 Å². The fourth-order valence-electron chi connectivity index (χ4n) is 4.61. The molecule has 0 aliphatic rings. The van der Waals surface area contributed by atoms with Gasteiger partial charge in [-0.05, 0) is 61.7 Å². The lowest BCUT2D eigenvalue weighted by Gasteiger charge is -2.33. The summed E-state index contributed by atoms with van der Waals surface area (Å²) < 4.78 is 6.00. The van der Waals surface area contributed by atoms with Gasteiger partial charge in [-0.25, -0.2) is 9.78 Å². The average molecular weight is 533 g/mol. The molecule has 3 heterocycles. The summed E-state index contributed by atoms with van der Waals surface area (Å²) in [5.74, 6) is 0. The highest BCUT2D eigenvalue weighted by Crippen LogP contribution is 2.34. The maximum absolute atomic E-state index is 11.8. The molecule has 0 bridgehead atoms. The molecular formula is C33H32N4O3. The lowest BCUT2D eigenvalue weighted by atomic mass is 9.96. The Balaban J connectivity index is 1.50. The van der Waals surface area contributed by atoms with Gasteiger partial charge in [-0.1, -0.05) is 54.6 Å². The quantitative estimate of drug-likeness (QED) is 0.225. The topological polar surface area (TPSA) is 88.4 Å². The van der Waals surface area contributed by atoms with E-state index in [1.165, 1.54) is 4.90 Å². The third kappa shape index (κ3) is 6.16. The van der Waals surface area contributed by atoms with Crippen molar-refractivity contribution in [2.45, 2.75) is 46.1 Å². The van der Waals surface area contributed by atoms with E-state index in [0.29, 0.717) is 19.8 Å². The first-order chi connectivity index (χ1) is 19.3. The van der Waals surface area contributed by atoms with Crippen molar-refractivity contribution in [3.05, 3.63) is 114 Å². The molecule has 7 heteroatoms. The Bertz CT molecular complexity index is 1600. The summed E-state index contributed by atoms with van der Waals surface area (Å²) in [6, 6.07) is 26.1. The lowest BCUT2D eigenvalue weighted by Crippen LogP contribution is -2.44. The van der Waals surface area contributed by atoms with E-state index < -0.39 is 11.6 Å². The molecule has 0 atom stereocenters. The van der Waals surface area contributed by atoms with Crippen molar-refractivity contribution in [3.8, 4) is 22.4 Å². The van der Waals surface area contributed by atoms with Gasteiger partial charge in [0.1, 0.15) is 0 Å². The summed E-state index contributed by atoms with van der Waals surface area (Å²) in [4.78, 5) is 27.0. The number of nitrogens with zero attached hydrogens (tertiary/aromatic N) is 4. The minimum atomic E-state index is -0.937. The van der Waals surface area contributed by atoms with Crippen LogP contribution in [0.2, 0.25) is 0 Å². The second-order valence-corrected chi connectivity index (χ2v) is 10.7. The molecule has 1 N–H and O–H groups in total. The van der Waals surface area contributed by atoms with Gasteiger partial charge >= 0.3 is 6.09 Å². The molecule has 7 nitrogen and oxygen atoms in total. The van der Waals surface area contributed by atoms with E-state index in [-0.39, 0.29) is 0 Å². The zero-order valence-corrected chi connectivity index (χ0v) is 22.9. The molecule has 0 aliphatic carbocycles. The molecule has 1 amide bonds. The van der Waals surface area contributed by atoms with E-state index in [0.717, 1.165) is 50.1 Å². The van der Waals surface area contributed by atoms with Gasteiger partial charge in [0.2, 0.25) is 0 Å². The number of hydrogen-bond donors (Lipinski definition) is 1. The fraction of sp³-hybridized carbons (Fsp3) is 0.212. The lowest BCUT2D eigenvalue weighted by molar-refractivity contribution is 0.0955. The summed E-state index contributed by atoms with van der Waals surface area (Å²) in [6.07, 6.45) is 4.34. The molecule has 40 heavy (non-hydrogen) atoms. The van der Waals surface area contributed by atoms with Crippen LogP contribution in [0.15, 0.2) is 97.5 Å². The summed E-state index contributed by atoms with van der Waals surface area (Å²) in [6.45, 7) is 6.83. The van der Waals surface area contributed by atoms with Crippen molar-refractivity contribution in [2.24, 2.45) is 0 Å². The molecule has 3 aromatic heterocycles. The summed E-state index contributed by atoms with van der Waals surface area (Å²) in [5, 5.41) is 10.6. The van der Waals surface area contributed by atoms with E-state index in [1.54, 1.807) is 18.6 Å². The first-order valence-corrected chi connectivity index (χ1v) is 13.2. The van der Waals surface area contributed by atoms with Gasteiger partial charge in [-0.15, -0.1) is 0 Å². The number of aromatic nitrogens is 3. The summed E-state index contributed by atoms with van der Waals surface area (Å²) in [7, 11) is 0. The maximum atomic E-state index is 11.8. The van der Waals surface area contributed by atoms with Crippen molar-refractivity contribution in [1.29, 1.82) is 0 Å². The highest BCUT2D eigenvalue weighted by Gasteiger charge is 2.26. The smallest absolute Gasteiger partial charge is 0.408 e. The molecule has 0 saturated carbocycles. The van der Waals surface area contributed by atoms with Crippen LogP contribution < -0.4 is 0 Å². The second-order valence-electron chi connectivity index (χ2n) is 10.7. The molecule has 0 saturated heterocycles. The Morgan fingerprint density at radius 2 is 1.57 bits per heavy atom. The Kier molecular flexibility index (Phi) is 7.84. The van der Waals surface area contributed by atoms with Gasteiger partial charge in [0.25, 0.3) is 0 Å². The second kappa shape index (κ2) is 11.6. The fourth-order valence-corrected chi connectivity index (χ4v) is 4.61. The standard InChI is InChI=1S/C33H32N4O3/c1-33(2,3)37(32(38)39)20-23-9-11-26(12-10-23)31-27(25-7-5-4-6-8-25)19-28-29(36-31)15-18-35-30(28)22-40-21-24-13-16-34-17-14-24/h4-19H,20-22H2,1-3H3,(H,38,39). The van der Waals surface area contributed by atoms with Gasteiger partial charge in [-0.2, -0.15) is 0 Å². The van der Waals surface area contributed by atoms with E-state index >= 15 is 0 Å². The average Bonchev–Trinajstić information content (AvgIpc) is 2.96. The Morgan fingerprint density at radius 3 is 2.25 bits per heavy atom. The van der Waals surface area contributed by atoms with Crippen LogP contribution >= 0.6 is 0 Å². The third-order valence-corrected chi connectivity index (χ3v) is 6.78. The van der Waals surface area contributed by atoms with Crippen LogP contribution in [-0.4, -0.2) is 36.6 Å². The normalized spacial score (nSPS) is 11.5. The molecule has 5 rings (SSSR count). The largest absolute Gasteiger partial charge is 0.465 e. The van der Waals surface area contributed by atoms with Gasteiger partial charge in [0.15, 0.2) is 0 Å². The van der Waals surface area contributed by atoms with Gasteiger partial charge in [0.05, 0.1) is 30.1 Å². The van der Waals surface area contributed by atoms with Crippen molar-refractivity contribution in [3.63, 3.8) is 0 Å². The zero-order chi connectivity index (χ0) is 28.1. The molecule has 0 radical (unpaired) electrons. The number of carbonyl (C=O) groups is 1. The Labute approximate surface area is 234 Å². The van der Waals surface area contributed by atoms with E-state index in [2.05, 4.69) is 28.2 Å². The number of fused-ring (bicyclic) bond motifs is 1. The number of carboxylic acid groups (broad SMARTS) is 1. The molecule has 202 valence electrons. The first-order valence-electron chi connectivity index (χ1n) is 13.2. The van der Waals surface area contributed by atoms with Crippen LogP contribution in [0.25, 0.3) is 33.3 Å². The first kappa shape index (κ1) is 27.0. The molecular weight excluding hydrogens is 500 g/mol. The van der Waals surface area contributed by atoms with Gasteiger partial charge < -0.3 is 9.84 Å². The third-order valence-electron chi connectivity index (χ3n) is 6.78.